The minimum atomic E-state index is -0.463. The van der Waals surface area contributed by atoms with Gasteiger partial charge in [-0.15, -0.1) is 0 Å². The molecule has 0 radical (unpaired) electrons. The topological polar surface area (TPSA) is 48.7 Å². The molecule has 1 aromatic heterocycles. The molecule has 1 aliphatic heterocycles. The molecule has 0 amide bonds. The number of hydrogen-bond acceptors (Lipinski definition) is 4. The fourth-order valence-electron chi connectivity index (χ4n) is 2.30. The van der Waals surface area contributed by atoms with Crippen molar-refractivity contribution in [3.8, 4) is 17.1 Å². The molecule has 1 aliphatic rings. The Kier molecular flexibility index (Phi) is 4.01. The van der Waals surface area contributed by atoms with E-state index in [-0.39, 0.29) is 17.6 Å². The lowest BCUT2D eigenvalue weighted by Gasteiger charge is -2.12. The summed E-state index contributed by atoms with van der Waals surface area (Å²) in [5.74, 6) is 0.386. The zero-order valence-electron chi connectivity index (χ0n) is 11.4. The fourth-order valence-corrected chi connectivity index (χ4v) is 2.30. The molecule has 0 saturated carbocycles. The highest BCUT2D eigenvalue weighted by atomic mass is 19.1. The number of benzene rings is 1. The van der Waals surface area contributed by atoms with E-state index in [0.29, 0.717) is 24.2 Å². The molecular formula is C16H15FO4. The number of carbonyl (C=O) groups is 1. The van der Waals surface area contributed by atoms with Gasteiger partial charge in [-0.25, -0.2) is 4.39 Å². The van der Waals surface area contributed by atoms with Crippen molar-refractivity contribution in [2.45, 2.75) is 18.9 Å². The van der Waals surface area contributed by atoms with Crippen LogP contribution in [0.3, 0.4) is 0 Å². The van der Waals surface area contributed by atoms with Gasteiger partial charge >= 0.3 is 0 Å². The third-order valence-corrected chi connectivity index (χ3v) is 3.41. The molecule has 21 heavy (non-hydrogen) atoms. The predicted molar refractivity (Wildman–Crippen MR) is 74.0 cm³/mol. The minimum Gasteiger partial charge on any atom is -0.488 e. The molecule has 1 unspecified atom stereocenters. The van der Waals surface area contributed by atoms with Crippen LogP contribution in [-0.4, -0.2) is 25.6 Å². The second kappa shape index (κ2) is 6.10. The van der Waals surface area contributed by atoms with E-state index in [4.69, 9.17) is 13.9 Å². The Bertz CT molecular complexity index is 629. The van der Waals surface area contributed by atoms with E-state index in [1.807, 2.05) is 0 Å². The molecular weight excluding hydrogens is 275 g/mol. The Morgan fingerprint density at radius 1 is 1.33 bits per heavy atom. The molecule has 1 saturated heterocycles. The van der Waals surface area contributed by atoms with Gasteiger partial charge < -0.3 is 13.9 Å². The van der Waals surface area contributed by atoms with Crippen molar-refractivity contribution in [3.63, 3.8) is 0 Å². The zero-order chi connectivity index (χ0) is 14.7. The van der Waals surface area contributed by atoms with E-state index in [0.717, 1.165) is 19.4 Å². The van der Waals surface area contributed by atoms with Crippen LogP contribution in [0.1, 0.15) is 23.4 Å². The van der Waals surface area contributed by atoms with Crippen LogP contribution in [0.5, 0.6) is 5.75 Å². The summed E-state index contributed by atoms with van der Waals surface area (Å²) in [6, 6.07) is 7.76. The summed E-state index contributed by atoms with van der Waals surface area (Å²) in [5.41, 5.74) is 0.560. The first-order valence-corrected chi connectivity index (χ1v) is 6.85. The molecule has 1 fully saturated rings. The van der Waals surface area contributed by atoms with E-state index in [9.17, 15) is 9.18 Å². The monoisotopic (exact) mass is 290 g/mol. The third kappa shape index (κ3) is 3.13. The van der Waals surface area contributed by atoms with Crippen LogP contribution in [0, 0.1) is 5.82 Å². The van der Waals surface area contributed by atoms with Gasteiger partial charge in [-0.05, 0) is 43.2 Å². The average Bonchev–Trinajstić information content (AvgIpc) is 3.17. The minimum absolute atomic E-state index is 0.0456. The van der Waals surface area contributed by atoms with Crippen molar-refractivity contribution >= 4 is 6.29 Å². The van der Waals surface area contributed by atoms with Gasteiger partial charge in [-0.3, -0.25) is 4.79 Å². The molecule has 3 rings (SSSR count). The number of halogens is 1. The van der Waals surface area contributed by atoms with Crippen LogP contribution >= 0.6 is 0 Å². The molecule has 110 valence electrons. The zero-order valence-corrected chi connectivity index (χ0v) is 11.4. The maximum atomic E-state index is 14.0. The third-order valence-electron chi connectivity index (χ3n) is 3.41. The molecule has 0 spiro atoms. The molecule has 0 aliphatic carbocycles. The Labute approximate surface area is 121 Å². The highest BCUT2D eigenvalue weighted by Gasteiger charge is 2.17. The van der Waals surface area contributed by atoms with Gasteiger partial charge in [0.05, 0.1) is 6.10 Å². The summed E-state index contributed by atoms with van der Waals surface area (Å²) in [7, 11) is 0. The van der Waals surface area contributed by atoms with Gasteiger partial charge in [0.1, 0.15) is 12.4 Å². The van der Waals surface area contributed by atoms with Gasteiger partial charge in [-0.1, -0.05) is 0 Å². The van der Waals surface area contributed by atoms with Crippen LogP contribution in [0.25, 0.3) is 11.3 Å². The predicted octanol–water partition coefficient (Wildman–Crippen LogP) is 3.46. The first kappa shape index (κ1) is 13.8. The number of hydrogen-bond donors (Lipinski definition) is 0. The first-order chi connectivity index (χ1) is 10.3. The van der Waals surface area contributed by atoms with Crippen molar-refractivity contribution in [1.82, 2.24) is 0 Å². The van der Waals surface area contributed by atoms with Crippen LogP contribution in [0.4, 0.5) is 4.39 Å². The Morgan fingerprint density at radius 3 is 2.90 bits per heavy atom. The number of ether oxygens (including phenoxy) is 2. The van der Waals surface area contributed by atoms with Gasteiger partial charge in [0, 0.05) is 12.2 Å². The average molecular weight is 290 g/mol. The summed E-state index contributed by atoms with van der Waals surface area (Å²) in [4.78, 5) is 10.6. The summed E-state index contributed by atoms with van der Waals surface area (Å²) in [5, 5.41) is 0. The molecule has 5 heteroatoms. The highest BCUT2D eigenvalue weighted by Crippen LogP contribution is 2.27. The lowest BCUT2D eigenvalue weighted by molar-refractivity contribution is 0.0666. The SMILES string of the molecule is O=Cc1ccc(-c2ccc(OCC3CCCO3)c(F)c2)o1. The van der Waals surface area contributed by atoms with Gasteiger partial charge in [0.25, 0.3) is 0 Å². The van der Waals surface area contributed by atoms with Crippen LogP contribution in [-0.2, 0) is 4.74 Å². The van der Waals surface area contributed by atoms with Gasteiger partial charge in [-0.2, -0.15) is 0 Å². The maximum absolute atomic E-state index is 14.0. The largest absolute Gasteiger partial charge is 0.488 e. The van der Waals surface area contributed by atoms with Crippen molar-refractivity contribution in [2.24, 2.45) is 0 Å². The number of rotatable bonds is 5. The molecule has 2 aromatic rings. The Balaban J connectivity index is 1.71. The lowest BCUT2D eigenvalue weighted by Crippen LogP contribution is -2.16. The van der Waals surface area contributed by atoms with Gasteiger partial charge in [0.15, 0.2) is 23.6 Å². The van der Waals surface area contributed by atoms with Crippen LogP contribution in [0.15, 0.2) is 34.7 Å². The van der Waals surface area contributed by atoms with E-state index in [1.54, 1.807) is 24.3 Å². The lowest BCUT2D eigenvalue weighted by atomic mass is 10.1. The molecule has 1 aromatic carbocycles. The summed E-state index contributed by atoms with van der Waals surface area (Å²) >= 11 is 0. The van der Waals surface area contributed by atoms with Gasteiger partial charge in [0.2, 0.25) is 0 Å². The van der Waals surface area contributed by atoms with Crippen molar-refractivity contribution in [1.29, 1.82) is 0 Å². The Hall–Kier alpha value is -2.14. The van der Waals surface area contributed by atoms with E-state index >= 15 is 0 Å². The normalized spacial score (nSPS) is 17.9. The van der Waals surface area contributed by atoms with Crippen molar-refractivity contribution in [2.75, 3.05) is 13.2 Å². The summed E-state index contributed by atoms with van der Waals surface area (Å²) in [6.07, 6.45) is 2.62. The molecule has 1 atom stereocenters. The second-order valence-electron chi connectivity index (χ2n) is 4.91. The standard InChI is InChI=1S/C16H15FO4/c17-14-8-11(15-6-4-12(9-18)21-15)3-5-16(14)20-10-13-2-1-7-19-13/h3-6,8-9,13H,1-2,7,10H2. The number of carbonyl (C=O) groups excluding carboxylic acids is 1. The highest BCUT2D eigenvalue weighted by molar-refractivity contribution is 5.72. The quantitative estimate of drug-likeness (QED) is 0.791. The van der Waals surface area contributed by atoms with E-state index in [2.05, 4.69) is 0 Å². The van der Waals surface area contributed by atoms with Crippen LogP contribution < -0.4 is 4.74 Å². The Morgan fingerprint density at radius 2 is 2.24 bits per heavy atom. The second-order valence-corrected chi connectivity index (χ2v) is 4.91. The first-order valence-electron chi connectivity index (χ1n) is 6.85. The fraction of sp³-hybridized carbons (Fsp3) is 0.312. The van der Waals surface area contributed by atoms with Crippen molar-refractivity contribution in [3.05, 3.63) is 41.9 Å². The summed E-state index contributed by atoms with van der Waals surface area (Å²) in [6.45, 7) is 1.10. The molecule has 2 heterocycles. The van der Waals surface area contributed by atoms with E-state index < -0.39 is 5.82 Å². The molecule has 4 nitrogen and oxygen atoms in total. The number of aldehydes is 1. The summed E-state index contributed by atoms with van der Waals surface area (Å²) < 4.78 is 30.2. The molecule has 0 N–H and O–H groups in total. The van der Waals surface area contributed by atoms with E-state index in [1.165, 1.54) is 6.07 Å². The molecule has 0 bridgehead atoms. The maximum Gasteiger partial charge on any atom is 0.185 e. The van der Waals surface area contributed by atoms with Crippen LogP contribution in [0.2, 0.25) is 0 Å². The number of furan rings is 1. The smallest absolute Gasteiger partial charge is 0.185 e. The van der Waals surface area contributed by atoms with Crippen molar-refractivity contribution < 1.29 is 23.1 Å².